The molecule has 2 amide bonds. The highest BCUT2D eigenvalue weighted by molar-refractivity contribution is 5.89. The second-order valence-corrected chi connectivity index (χ2v) is 8.61. The Kier molecular flexibility index (Phi) is 5.34. The molecule has 0 N–H and O–H groups in total. The Morgan fingerprint density at radius 1 is 0.931 bits per heavy atom. The SMILES string of the molecule is O=C(C1CCC1)N1CCN(C(=O)C2(c3cccc(C(F)(F)F)c3)CCCC2)CC1. The summed E-state index contributed by atoms with van der Waals surface area (Å²) in [5.41, 5.74) is -1.10. The van der Waals surface area contributed by atoms with Crippen molar-refractivity contribution in [2.45, 2.75) is 56.5 Å². The zero-order chi connectivity index (χ0) is 20.6. The molecule has 3 fully saturated rings. The van der Waals surface area contributed by atoms with Crippen LogP contribution in [0.3, 0.4) is 0 Å². The Bertz CT molecular complexity index is 775. The molecule has 1 heterocycles. The van der Waals surface area contributed by atoms with E-state index in [9.17, 15) is 22.8 Å². The van der Waals surface area contributed by atoms with Crippen molar-refractivity contribution in [3.05, 3.63) is 35.4 Å². The number of hydrogen-bond donors (Lipinski definition) is 0. The first-order valence-electron chi connectivity index (χ1n) is 10.6. The van der Waals surface area contributed by atoms with E-state index in [0.717, 1.165) is 44.2 Å². The van der Waals surface area contributed by atoms with E-state index in [4.69, 9.17) is 0 Å². The third kappa shape index (κ3) is 3.76. The molecule has 0 spiro atoms. The molecule has 2 aliphatic carbocycles. The largest absolute Gasteiger partial charge is 0.416 e. The van der Waals surface area contributed by atoms with Crippen LogP contribution < -0.4 is 0 Å². The van der Waals surface area contributed by atoms with Crippen molar-refractivity contribution in [1.29, 1.82) is 0 Å². The molecular weight excluding hydrogens is 381 g/mol. The van der Waals surface area contributed by atoms with Gasteiger partial charge in [0.15, 0.2) is 0 Å². The van der Waals surface area contributed by atoms with Crippen LogP contribution >= 0.6 is 0 Å². The van der Waals surface area contributed by atoms with Gasteiger partial charge in [-0.1, -0.05) is 37.5 Å². The number of amides is 2. The molecule has 4 nitrogen and oxygen atoms in total. The van der Waals surface area contributed by atoms with Gasteiger partial charge >= 0.3 is 6.18 Å². The molecule has 1 saturated heterocycles. The molecule has 4 rings (SSSR count). The van der Waals surface area contributed by atoms with Crippen LogP contribution in [-0.2, 0) is 21.2 Å². The number of benzene rings is 1. The number of rotatable bonds is 3. The Morgan fingerprint density at radius 2 is 1.55 bits per heavy atom. The Labute approximate surface area is 169 Å². The maximum atomic E-state index is 13.5. The van der Waals surface area contributed by atoms with Gasteiger partial charge in [0.25, 0.3) is 0 Å². The van der Waals surface area contributed by atoms with Gasteiger partial charge in [-0.3, -0.25) is 9.59 Å². The van der Waals surface area contributed by atoms with Gasteiger partial charge in [0.2, 0.25) is 11.8 Å². The first-order valence-corrected chi connectivity index (χ1v) is 10.6. The summed E-state index contributed by atoms with van der Waals surface area (Å²) in [4.78, 5) is 29.6. The van der Waals surface area contributed by atoms with Crippen LogP contribution in [0, 0.1) is 5.92 Å². The number of piperazine rings is 1. The van der Waals surface area contributed by atoms with Crippen molar-refractivity contribution >= 4 is 11.8 Å². The molecule has 1 aromatic rings. The first kappa shape index (κ1) is 20.2. The van der Waals surface area contributed by atoms with Crippen LogP contribution in [0.25, 0.3) is 0 Å². The fourth-order valence-corrected chi connectivity index (χ4v) is 4.94. The highest BCUT2D eigenvalue weighted by atomic mass is 19.4. The molecule has 1 aromatic carbocycles. The molecule has 0 aromatic heterocycles. The monoisotopic (exact) mass is 408 g/mol. The second kappa shape index (κ2) is 7.65. The van der Waals surface area contributed by atoms with E-state index in [1.165, 1.54) is 6.07 Å². The predicted molar refractivity (Wildman–Crippen MR) is 102 cm³/mol. The fraction of sp³-hybridized carbons (Fsp3) is 0.636. The van der Waals surface area contributed by atoms with E-state index in [-0.39, 0.29) is 17.7 Å². The first-order chi connectivity index (χ1) is 13.8. The highest BCUT2D eigenvalue weighted by Gasteiger charge is 2.46. The maximum absolute atomic E-state index is 13.5. The number of alkyl halides is 3. The molecule has 0 radical (unpaired) electrons. The third-order valence-corrected chi connectivity index (χ3v) is 6.94. The summed E-state index contributed by atoms with van der Waals surface area (Å²) in [6.07, 6.45) is 1.42. The molecule has 158 valence electrons. The molecule has 29 heavy (non-hydrogen) atoms. The van der Waals surface area contributed by atoms with E-state index in [1.807, 2.05) is 4.90 Å². The van der Waals surface area contributed by atoms with Gasteiger partial charge in [-0.2, -0.15) is 13.2 Å². The van der Waals surface area contributed by atoms with E-state index in [1.54, 1.807) is 11.0 Å². The van der Waals surface area contributed by atoms with Crippen molar-refractivity contribution in [3.63, 3.8) is 0 Å². The molecule has 3 aliphatic rings. The number of hydrogen-bond acceptors (Lipinski definition) is 2. The third-order valence-electron chi connectivity index (χ3n) is 6.94. The van der Waals surface area contributed by atoms with Crippen molar-refractivity contribution < 1.29 is 22.8 Å². The average Bonchev–Trinajstić information content (AvgIpc) is 3.17. The summed E-state index contributed by atoms with van der Waals surface area (Å²) >= 11 is 0. The second-order valence-electron chi connectivity index (χ2n) is 8.61. The molecule has 7 heteroatoms. The van der Waals surface area contributed by atoms with Crippen LogP contribution in [0.2, 0.25) is 0 Å². The molecular formula is C22H27F3N2O2. The quantitative estimate of drug-likeness (QED) is 0.759. The zero-order valence-corrected chi connectivity index (χ0v) is 16.5. The van der Waals surface area contributed by atoms with Gasteiger partial charge in [-0.25, -0.2) is 0 Å². The minimum absolute atomic E-state index is 0.0786. The van der Waals surface area contributed by atoms with Crippen molar-refractivity contribution in [2.75, 3.05) is 26.2 Å². The summed E-state index contributed by atoms with van der Waals surface area (Å²) < 4.78 is 39.7. The lowest BCUT2D eigenvalue weighted by molar-refractivity contribution is -0.146. The Balaban J connectivity index is 1.51. The minimum atomic E-state index is -4.42. The summed E-state index contributed by atoms with van der Waals surface area (Å²) in [7, 11) is 0. The number of carbonyl (C=O) groups is 2. The van der Waals surface area contributed by atoms with Gasteiger partial charge in [-0.15, -0.1) is 0 Å². The maximum Gasteiger partial charge on any atom is 0.416 e. The van der Waals surface area contributed by atoms with E-state index in [0.29, 0.717) is 44.6 Å². The lowest BCUT2D eigenvalue weighted by Crippen LogP contribution is -2.56. The van der Waals surface area contributed by atoms with E-state index in [2.05, 4.69) is 0 Å². The standard InChI is InChI=1S/C22H27F3N2O2/c23-22(24,25)18-8-4-7-17(15-18)21(9-1-2-10-21)20(29)27-13-11-26(12-14-27)19(28)16-5-3-6-16/h4,7-8,15-16H,1-3,5-6,9-14H2. The lowest BCUT2D eigenvalue weighted by Gasteiger charge is -2.41. The van der Waals surface area contributed by atoms with Crippen molar-refractivity contribution in [2.24, 2.45) is 5.92 Å². The zero-order valence-electron chi connectivity index (χ0n) is 16.5. The van der Waals surface area contributed by atoms with Crippen LogP contribution in [0.15, 0.2) is 24.3 Å². The molecule has 1 aliphatic heterocycles. The number of carbonyl (C=O) groups excluding carboxylic acids is 2. The molecule has 0 unspecified atom stereocenters. The van der Waals surface area contributed by atoms with Gasteiger partial charge < -0.3 is 9.80 Å². The minimum Gasteiger partial charge on any atom is -0.339 e. The fourth-order valence-electron chi connectivity index (χ4n) is 4.94. The van der Waals surface area contributed by atoms with E-state index >= 15 is 0 Å². The van der Waals surface area contributed by atoms with Crippen molar-refractivity contribution in [1.82, 2.24) is 9.80 Å². The topological polar surface area (TPSA) is 40.6 Å². The summed E-state index contributed by atoms with van der Waals surface area (Å²) in [6, 6.07) is 5.27. The molecule has 0 atom stereocenters. The van der Waals surface area contributed by atoms with Gasteiger partial charge in [0.05, 0.1) is 11.0 Å². The normalized spacial score (nSPS) is 22.4. The van der Waals surface area contributed by atoms with Gasteiger partial charge in [0.1, 0.15) is 0 Å². The number of nitrogens with zero attached hydrogens (tertiary/aromatic N) is 2. The lowest BCUT2D eigenvalue weighted by atomic mass is 9.76. The average molecular weight is 408 g/mol. The summed E-state index contributed by atoms with van der Waals surface area (Å²) in [6.45, 7) is 1.94. The van der Waals surface area contributed by atoms with Crippen LogP contribution in [0.5, 0.6) is 0 Å². The summed E-state index contributed by atoms with van der Waals surface area (Å²) in [5.74, 6) is 0.255. The van der Waals surface area contributed by atoms with Gasteiger partial charge in [-0.05, 0) is 37.3 Å². The molecule has 0 bridgehead atoms. The smallest absolute Gasteiger partial charge is 0.339 e. The van der Waals surface area contributed by atoms with Gasteiger partial charge in [0, 0.05) is 32.1 Å². The van der Waals surface area contributed by atoms with E-state index < -0.39 is 17.2 Å². The number of halogens is 3. The van der Waals surface area contributed by atoms with Crippen LogP contribution in [0.1, 0.15) is 56.1 Å². The summed E-state index contributed by atoms with van der Waals surface area (Å²) in [5, 5.41) is 0. The Hall–Kier alpha value is -2.05. The highest BCUT2D eigenvalue weighted by Crippen LogP contribution is 2.44. The Morgan fingerprint density at radius 3 is 2.10 bits per heavy atom. The van der Waals surface area contributed by atoms with Crippen LogP contribution in [-0.4, -0.2) is 47.8 Å². The van der Waals surface area contributed by atoms with Crippen LogP contribution in [0.4, 0.5) is 13.2 Å². The predicted octanol–water partition coefficient (Wildman–Crippen LogP) is 3.99. The molecule has 2 saturated carbocycles. The van der Waals surface area contributed by atoms with Crippen molar-refractivity contribution in [3.8, 4) is 0 Å².